The first-order chi connectivity index (χ1) is 20.2. The standard InChI is InChI=1S/C32H30ClF3N4O3/c1-5-28(41)38-14-19(15-38)16-39-26-13-25(33)23(22-11-20(37)9-10-24(22)32(34,35)36)12-27(26)40(31(43)30(39)42)29-18(4)7-6-8-21(29)17(2)3/h5-13,17,19H,1,14-16,37H2,2-4H3. The molecule has 0 atom stereocenters. The number of nitrogens with two attached hydrogens (primary N) is 1. The molecule has 0 radical (unpaired) electrons. The number of carbonyl (C=O) groups is 1. The summed E-state index contributed by atoms with van der Waals surface area (Å²) in [5.41, 5.74) is 5.66. The maximum atomic E-state index is 14.1. The maximum Gasteiger partial charge on any atom is 0.417 e. The number of nitrogens with zero attached hydrogens (tertiary/aromatic N) is 3. The van der Waals surface area contributed by atoms with Crippen LogP contribution in [0.5, 0.6) is 0 Å². The van der Waals surface area contributed by atoms with Gasteiger partial charge in [0.25, 0.3) is 0 Å². The van der Waals surface area contributed by atoms with E-state index in [9.17, 15) is 27.6 Å². The number of nitrogen functional groups attached to an aromatic ring is 1. The average Bonchev–Trinajstić information content (AvgIpc) is 2.91. The van der Waals surface area contributed by atoms with Crippen LogP contribution in [-0.2, 0) is 17.5 Å². The van der Waals surface area contributed by atoms with Crippen molar-refractivity contribution < 1.29 is 18.0 Å². The van der Waals surface area contributed by atoms with E-state index in [0.29, 0.717) is 24.3 Å². The molecule has 0 spiro atoms. The van der Waals surface area contributed by atoms with Crippen LogP contribution in [0, 0.1) is 12.8 Å². The van der Waals surface area contributed by atoms with E-state index in [0.717, 1.165) is 17.7 Å². The van der Waals surface area contributed by atoms with Crippen molar-refractivity contribution in [2.24, 2.45) is 5.92 Å². The Morgan fingerprint density at radius 2 is 1.77 bits per heavy atom. The van der Waals surface area contributed by atoms with Gasteiger partial charge in [-0.1, -0.05) is 50.2 Å². The number of hydrogen-bond donors (Lipinski definition) is 1. The van der Waals surface area contributed by atoms with Crippen molar-refractivity contribution in [3.63, 3.8) is 0 Å². The van der Waals surface area contributed by atoms with E-state index in [1.165, 1.54) is 33.4 Å². The Hall–Kier alpha value is -4.31. The number of rotatable bonds is 6. The Kier molecular flexibility index (Phi) is 7.77. The number of likely N-dealkylation sites (tertiary alicyclic amines) is 1. The molecule has 7 nitrogen and oxygen atoms in total. The molecule has 1 aromatic heterocycles. The van der Waals surface area contributed by atoms with Crippen molar-refractivity contribution in [2.45, 2.75) is 39.4 Å². The van der Waals surface area contributed by atoms with Gasteiger partial charge in [0.2, 0.25) is 5.91 Å². The highest BCUT2D eigenvalue weighted by molar-refractivity contribution is 6.34. The maximum absolute atomic E-state index is 14.1. The Balaban J connectivity index is 1.84. The predicted octanol–water partition coefficient (Wildman–Crippen LogP) is 6.15. The third-order valence-corrected chi connectivity index (χ3v) is 8.18. The predicted molar refractivity (Wildman–Crippen MR) is 163 cm³/mol. The zero-order chi connectivity index (χ0) is 31.4. The highest BCUT2D eigenvalue weighted by Crippen LogP contribution is 2.42. The molecule has 1 aliphatic rings. The number of amides is 1. The minimum absolute atomic E-state index is 0.0122. The Morgan fingerprint density at radius 1 is 1.07 bits per heavy atom. The van der Waals surface area contributed by atoms with Crippen molar-refractivity contribution in [3.8, 4) is 16.8 Å². The third-order valence-electron chi connectivity index (χ3n) is 7.87. The first kappa shape index (κ1) is 30.2. The molecule has 1 aliphatic heterocycles. The fraction of sp³-hybridized carbons (Fsp3) is 0.281. The molecule has 0 bridgehead atoms. The van der Waals surface area contributed by atoms with Crippen LogP contribution in [0.25, 0.3) is 27.8 Å². The minimum atomic E-state index is -4.71. The van der Waals surface area contributed by atoms with E-state index in [4.69, 9.17) is 17.3 Å². The minimum Gasteiger partial charge on any atom is -0.399 e. The molecule has 3 aromatic carbocycles. The molecular formula is C32H30ClF3N4O3. The number of anilines is 1. The van der Waals surface area contributed by atoms with Crippen LogP contribution in [0.1, 0.15) is 36.5 Å². The molecule has 0 aliphatic carbocycles. The molecule has 0 saturated carbocycles. The van der Waals surface area contributed by atoms with Crippen LogP contribution in [-0.4, -0.2) is 33.0 Å². The van der Waals surface area contributed by atoms with Gasteiger partial charge in [-0.25, -0.2) is 0 Å². The van der Waals surface area contributed by atoms with Crippen LogP contribution < -0.4 is 16.9 Å². The zero-order valence-corrected chi connectivity index (χ0v) is 24.6. The number of hydrogen-bond acceptors (Lipinski definition) is 4. The Bertz CT molecular complexity index is 1900. The third kappa shape index (κ3) is 5.35. The average molecular weight is 611 g/mol. The van der Waals surface area contributed by atoms with Gasteiger partial charge in [-0.05, 0) is 65.9 Å². The summed E-state index contributed by atoms with van der Waals surface area (Å²) in [6, 6.07) is 11.6. The van der Waals surface area contributed by atoms with E-state index >= 15 is 0 Å². The van der Waals surface area contributed by atoms with Crippen molar-refractivity contribution >= 4 is 34.2 Å². The lowest BCUT2D eigenvalue weighted by Crippen LogP contribution is -2.52. The molecule has 1 amide bonds. The van der Waals surface area contributed by atoms with Gasteiger partial charge in [0.15, 0.2) is 0 Å². The van der Waals surface area contributed by atoms with Crippen LogP contribution in [0.2, 0.25) is 5.02 Å². The number of aryl methyl sites for hydroxylation is 1. The first-order valence-electron chi connectivity index (χ1n) is 13.7. The van der Waals surface area contributed by atoms with E-state index in [1.807, 2.05) is 26.0 Å². The highest BCUT2D eigenvalue weighted by Gasteiger charge is 2.35. The van der Waals surface area contributed by atoms with Gasteiger partial charge in [0, 0.05) is 36.8 Å². The van der Waals surface area contributed by atoms with Crippen LogP contribution in [0.4, 0.5) is 18.9 Å². The smallest absolute Gasteiger partial charge is 0.399 e. The SMILES string of the molecule is C=CC(=O)N1CC(Cn2c(=O)c(=O)n(-c3c(C)cccc3C(C)C)c3cc(-c4cc(N)ccc4C(F)(F)F)c(Cl)cc32)C1. The van der Waals surface area contributed by atoms with Gasteiger partial charge in [-0.15, -0.1) is 0 Å². The van der Waals surface area contributed by atoms with Crippen molar-refractivity contribution in [3.05, 3.63) is 104 Å². The number of para-hydroxylation sites is 1. The lowest BCUT2D eigenvalue weighted by Gasteiger charge is -2.39. The number of fused-ring (bicyclic) bond motifs is 1. The largest absolute Gasteiger partial charge is 0.417 e. The topological polar surface area (TPSA) is 90.3 Å². The normalized spacial score (nSPS) is 13.9. The fourth-order valence-electron chi connectivity index (χ4n) is 5.72. The number of halogens is 4. The number of benzene rings is 3. The number of carbonyl (C=O) groups excluding carboxylic acids is 1. The van der Waals surface area contributed by atoms with Crippen molar-refractivity contribution in [1.82, 2.24) is 14.0 Å². The molecule has 43 heavy (non-hydrogen) atoms. The summed E-state index contributed by atoms with van der Waals surface area (Å²) in [6.07, 6.45) is -3.50. The molecular weight excluding hydrogens is 581 g/mol. The van der Waals surface area contributed by atoms with Gasteiger partial charge >= 0.3 is 17.3 Å². The second kappa shape index (κ2) is 11.1. The molecule has 2 N–H and O–H groups in total. The first-order valence-corrected chi connectivity index (χ1v) is 14.1. The zero-order valence-electron chi connectivity index (χ0n) is 23.8. The highest BCUT2D eigenvalue weighted by atomic mass is 35.5. The van der Waals surface area contributed by atoms with Crippen LogP contribution in [0.3, 0.4) is 0 Å². The molecule has 224 valence electrons. The molecule has 5 rings (SSSR count). The van der Waals surface area contributed by atoms with Gasteiger partial charge in [-0.2, -0.15) is 13.2 Å². The number of alkyl halides is 3. The summed E-state index contributed by atoms with van der Waals surface area (Å²) in [5.74, 6) is -0.408. The molecule has 2 heterocycles. The molecule has 1 saturated heterocycles. The molecule has 0 unspecified atom stereocenters. The monoisotopic (exact) mass is 610 g/mol. The summed E-state index contributed by atoms with van der Waals surface area (Å²) in [7, 11) is 0. The van der Waals surface area contributed by atoms with Crippen molar-refractivity contribution in [2.75, 3.05) is 18.8 Å². The van der Waals surface area contributed by atoms with Gasteiger partial charge < -0.3 is 15.2 Å². The summed E-state index contributed by atoms with van der Waals surface area (Å²) in [5, 5.41) is -0.0483. The summed E-state index contributed by atoms with van der Waals surface area (Å²) < 4.78 is 44.9. The Morgan fingerprint density at radius 3 is 2.40 bits per heavy atom. The Labute approximate surface area is 250 Å². The second-order valence-electron chi connectivity index (χ2n) is 11.2. The molecule has 11 heteroatoms. The lowest BCUT2D eigenvalue weighted by molar-refractivity contribution is -0.137. The van der Waals surface area contributed by atoms with E-state index in [2.05, 4.69) is 6.58 Å². The summed E-state index contributed by atoms with van der Waals surface area (Å²) >= 11 is 6.68. The number of aromatic nitrogens is 2. The van der Waals surface area contributed by atoms with E-state index < -0.39 is 22.9 Å². The van der Waals surface area contributed by atoms with Crippen LogP contribution in [0.15, 0.2) is 70.8 Å². The fourth-order valence-corrected chi connectivity index (χ4v) is 5.98. The van der Waals surface area contributed by atoms with Gasteiger partial charge in [0.1, 0.15) is 0 Å². The van der Waals surface area contributed by atoms with E-state index in [-0.39, 0.29) is 57.2 Å². The van der Waals surface area contributed by atoms with Crippen LogP contribution >= 0.6 is 11.6 Å². The quantitative estimate of drug-likeness (QED) is 0.161. The molecule has 4 aromatic rings. The van der Waals surface area contributed by atoms with E-state index in [1.54, 1.807) is 17.9 Å². The second-order valence-corrected chi connectivity index (χ2v) is 11.6. The lowest BCUT2D eigenvalue weighted by atomic mass is 9.96. The summed E-state index contributed by atoms with van der Waals surface area (Å²) in [6.45, 7) is 10.0. The van der Waals surface area contributed by atoms with Gasteiger partial charge in [0.05, 0.1) is 27.3 Å². The molecule has 1 fully saturated rings. The van der Waals surface area contributed by atoms with Gasteiger partial charge in [-0.3, -0.25) is 19.0 Å². The van der Waals surface area contributed by atoms with Crippen molar-refractivity contribution in [1.29, 1.82) is 0 Å². The summed E-state index contributed by atoms with van der Waals surface area (Å²) in [4.78, 5) is 41.2.